The van der Waals surface area contributed by atoms with Gasteiger partial charge in [0.1, 0.15) is 12.1 Å². The first kappa shape index (κ1) is 15.8. The molecule has 0 aromatic carbocycles. The van der Waals surface area contributed by atoms with Crippen molar-refractivity contribution in [3.05, 3.63) is 17.8 Å². The van der Waals surface area contributed by atoms with Crippen molar-refractivity contribution in [1.82, 2.24) is 14.9 Å². The minimum absolute atomic E-state index is 0.249. The molecular formula is C17H22N4O2S. The summed E-state index contributed by atoms with van der Waals surface area (Å²) < 4.78 is 6.27. The van der Waals surface area contributed by atoms with Gasteiger partial charge in [-0.3, -0.25) is 4.79 Å². The molecule has 0 unspecified atom stereocenters. The minimum atomic E-state index is -0.249. The number of amides is 1. The van der Waals surface area contributed by atoms with Gasteiger partial charge < -0.3 is 14.5 Å². The molecule has 4 rings (SSSR count). The SMILES string of the molecule is COCCN1CCC[C@]2(CCN(c3ncnc4ccsc34)C2)C1=O. The molecule has 2 fully saturated rings. The topological polar surface area (TPSA) is 58.6 Å². The van der Waals surface area contributed by atoms with Crippen molar-refractivity contribution in [2.75, 3.05) is 44.8 Å². The number of carbonyl (C=O) groups is 1. The smallest absolute Gasteiger partial charge is 0.230 e. The van der Waals surface area contributed by atoms with Crippen LogP contribution in [0.5, 0.6) is 0 Å². The van der Waals surface area contributed by atoms with Crippen LogP contribution in [0.4, 0.5) is 5.82 Å². The molecule has 4 heterocycles. The molecule has 2 aliphatic heterocycles. The third kappa shape index (κ3) is 2.56. The van der Waals surface area contributed by atoms with Crippen LogP contribution in [0.1, 0.15) is 19.3 Å². The average Bonchev–Trinajstić information content (AvgIpc) is 3.24. The maximum atomic E-state index is 13.1. The molecule has 0 N–H and O–H groups in total. The Morgan fingerprint density at radius 3 is 3.12 bits per heavy atom. The third-order valence-electron chi connectivity index (χ3n) is 5.27. The van der Waals surface area contributed by atoms with E-state index in [1.807, 2.05) is 16.3 Å². The van der Waals surface area contributed by atoms with Gasteiger partial charge in [0.15, 0.2) is 0 Å². The number of ether oxygens (including phenoxy) is 1. The van der Waals surface area contributed by atoms with E-state index in [9.17, 15) is 4.79 Å². The van der Waals surface area contributed by atoms with Gasteiger partial charge in [-0.2, -0.15) is 0 Å². The van der Waals surface area contributed by atoms with Crippen LogP contribution in [0.3, 0.4) is 0 Å². The monoisotopic (exact) mass is 346 g/mol. The average molecular weight is 346 g/mol. The van der Waals surface area contributed by atoms with Gasteiger partial charge in [0.2, 0.25) is 5.91 Å². The lowest BCUT2D eigenvalue weighted by Crippen LogP contribution is -2.51. The van der Waals surface area contributed by atoms with E-state index in [0.29, 0.717) is 19.1 Å². The number of carbonyl (C=O) groups excluding carboxylic acids is 1. The molecule has 1 amide bonds. The van der Waals surface area contributed by atoms with E-state index in [2.05, 4.69) is 14.9 Å². The van der Waals surface area contributed by atoms with Crippen molar-refractivity contribution in [2.45, 2.75) is 19.3 Å². The van der Waals surface area contributed by atoms with Crippen molar-refractivity contribution < 1.29 is 9.53 Å². The first-order valence-electron chi connectivity index (χ1n) is 8.45. The molecule has 0 saturated carbocycles. The summed E-state index contributed by atoms with van der Waals surface area (Å²) >= 11 is 1.67. The summed E-state index contributed by atoms with van der Waals surface area (Å²) in [4.78, 5) is 26.2. The zero-order chi connectivity index (χ0) is 16.6. The first-order chi connectivity index (χ1) is 11.7. The molecule has 2 aromatic heterocycles. The second-order valence-corrected chi connectivity index (χ2v) is 7.59. The molecular weight excluding hydrogens is 324 g/mol. The molecule has 2 aromatic rings. The molecule has 2 saturated heterocycles. The molecule has 1 atom stereocenters. The van der Waals surface area contributed by atoms with Gasteiger partial charge in [-0.15, -0.1) is 11.3 Å². The minimum Gasteiger partial charge on any atom is -0.383 e. The Bertz CT molecular complexity index is 749. The van der Waals surface area contributed by atoms with Gasteiger partial charge in [-0.05, 0) is 30.7 Å². The van der Waals surface area contributed by atoms with Crippen LogP contribution in [0, 0.1) is 5.41 Å². The molecule has 1 spiro atoms. The highest BCUT2D eigenvalue weighted by molar-refractivity contribution is 7.17. The number of nitrogens with zero attached hydrogens (tertiary/aromatic N) is 4. The fraction of sp³-hybridized carbons (Fsp3) is 0.588. The van der Waals surface area contributed by atoms with Gasteiger partial charge in [0, 0.05) is 33.3 Å². The summed E-state index contributed by atoms with van der Waals surface area (Å²) in [5.41, 5.74) is 0.739. The van der Waals surface area contributed by atoms with Gasteiger partial charge in [0.25, 0.3) is 0 Å². The van der Waals surface area contributed by atoms with E-state index < -0.39 is 0 Å². The van der Waals surface area contributed by atoms with E-state index >= 15 is 0 Å². The van der Waals surface area contributed by atoms with Crippen LogP contribution in [0.25, 0.3) is 10.2 Å². The quantitative estimate of drug-likeness (QED) is 0.849. The Hall–Kier alpha value is -1.73. The Balaban J connectivity index is 1.57. The number of piperidine rings is 1. The molecule has 24 heavy (non-hydrogen) atoms. The lowest BCUT2D eigenvalue weighted by atomic mass is 9.78. The fourth-order valence-corrected chi connectivity index (χ4v) is 4.86. The molecule has 2 aliphatic rings. The number of fused-ring (bicyclic) bond motifs is 1. The standard InChI is InChI=1S/C17H22N4O2S/c1-23-9-8-20-6-2-4-17(16(20)22)5-7-21(11-17)15-14-13(3-10-24-14)18-12-19-15/h3,10,12H,2,4-9,11H2,1H3/t17-/m1/s1. The van der Waals surface area contributed by atoms with Crippen LogP contribution < -0.4 is 4.90 Å². The summed E-state index contributed by atoms with van der Waals surface area (Å²) in [6, 6.07) is 2.02. The maximum Gasteiger partial charge on any atom is 0.230 e. The normalized spacial score (nSPS) is 24.5. The maximum absolute atomic E-state index is 13.1. The van der Waals surface area contributed by atoms with Crippen LogP contribution >= 0.6 is 11.3 Å². The van der Waals surface area contributed by atoms with Gasteiger partial charge >= 0.3 is 0 Å². The van der Waals surface area contributed by atoms with E-state index in [-0.39, 0.29) is 5.41 Å². The molecule has 128 valence electrons. The zero-order valence-electron chi connectivity index (χ0n) is 13.9. The number of aromatic nitrogens is 2. The molecule has 0 radical (unpaired) electrons. The van der Waals surface area contributed by atoms with Crippen molar-refractivity contribution in [3.8, 4) is 0 Å². The summed E-state index contributed by atoms with van der Waals surface area (Å²) in [6.45, 7) is 3.80. The van der Waals surface area contributed by atoms with E-state index in [0.717, 1.165) is 54.9 Å². The Labute approximate surface area is 145 Å². The van der Waals surface area contributed by atoms with Crippen molar-refractivity contribution >= 4 is 33.3 Å². The molecule has 6 nitrogen and oxygen atoms in total. The predicted octanol–water partition coefficient (Wildman–Crippen LogP) is 2.16. The van der Waals surface area contributed by atoms with Crippen molar-refractivity contribution in [1.29, 1.82) is 0 Å². The number of hydrogen-bond acceptors (Lipinski definition) is 6. The molecule has 7 heteroatoms. The summed E-state index contributed by atoms with van der Waals surface area (Å²) in [6.07, 6.45) is 4.58. The van der Waals surface area contributed by atoms with Crippen molar-refractivity contribution in [3.63, 3.8) is 0 Å². The van der Waals surface area contributed by atoms with E-state index in [1.54, 1.807) is 24.8 Å². The zero-order valence-corrected chi connectivity index (χ0v) is 14.7. The largest absolute Gasteiger partial charge is 0.383 e. The lowest BCUT2D eigenvalue weighted by Gasteiger charge is -2.39. The van der Waals surface area contributed by atoms with Crippen molar-refractivity contribution in [2.24, 2.45) is 5.41 Å². The Morgan fingerprint density at radius 1 is 1.33 bits per heavy atom. The number of anilines is 1. The first-order valence-corrected chi connectivity index (χ1v) is 9.33. The van der Waals surface area contributed by atoms with Gasteiger partial charge in [0.05, 0.1) is 22.2 Å². The Morgan fingerprint density at radius 2 is 2.25 bits per heavy atom. The molecule has 0 bridgehead atoms. The molecule has 0 aliphatic carbocycles. The highest BCUT2D eigenvalue weighted by Gasteiger charge is 2.48. The Kier molecular flexibility index (Phi) is 4.14. The third-order valence-corrected chi connectivity index (χ3v) is 6.17. The van der Waals surface area contributed by atoms with Crippen LogP contribution in [0.15, 0.2) is 17.8 Å². The number of rotatable bonds is 4. The number of methoxy groups -OCH3 is 1. The number of thiophene rings is 1. The van der Waals surface area contributed by atoms with E-state index in [4.69, 9.17) is 4.74 Å². The van der Waals surface area contributed by atoms with Gasteiger partial charge in [-0.1, -0.05) is 0 Å². The van der Waals surface area contributed by atoms with Crippen LogP contribution in [-0.2, 0) is 9.53 Å². The van der Waals surface area contributed by atoms with E-state index in [1.165, 1.54) is 0 Å². The highest BCUT2D eigenvalue weighted by atomic mass is 32.1. The summed E-state index contributed by atoms with van der Waals surface area (Å²) in [7, 11) is 1.68. The second kappa shape index (κ2) is 6.29. The number of likely N-dealkylation sites (tertiary alicyclic amines) is 1. The highest BCUT2D eigenvalue weighted by Crippen LogP contribution is 2.42. The summed E-state index contributed by atoms with van der Waals surface area (Å²) in [5.74, 6) is 1.28. The van der Waals surface area contributed by atoms with Gasteiger partial charge in [-0.25, -0.2) is 9.97 Å². The fourth-order valence-electron chi connectivity index (χ4n) is 4.00. The summed E-state index contributed by atoms with van der Waals surface area (Å²) in [5, 5.41) is 2.05. The second-order valence-electron chi connectivity index (χ2n) is 6.67. The predicted molar refractivity (Wildman–Crippen MR) is 94.4 cm³/mol. The number of hydrogen-bond donors (Lipinski definition) is 0. The van der Waals surface area contributed by atoms with Crippen LogP contribution in [0.2, 0.25) is 0 Å². The lowest BCUT2D eigenvalue weighted by molar-refractivity contribution is -0.145. The van der Waals surface area contributed by atoms with Crippen LogP contribution in [-0.4, -0.2) is 60.7 Å².